The second kappa shape index (κ2) is 6.83. The zero-order valence-corrected chi connectivity index (χ0v) is 16.1. The van der Waals surface area contributed by atoms with Crippen LogP contribution in [-0.4, -0.2) is 58.2 Å². The molecular formula is C19H19F6N5O. The molecule has 5 rings (SSSR count). The number of anilines is 1. The van der Waals surface area contributed by atoms with Crippen LogP contribution in [0.25, 0.3) is 11.3 Å². The molecule has 31 heavy (non-hydrogen) atoms. The van der Waals surface area contributed by atoms with Crippen LogP contribution in [0.1, 0.15) is 17.2 Å². The number of aromatic nitrogens is 3. The average Bonchev–Trinajstić information content (AvgIpc) is 2.94. The van der Waals surface area contributed by atoms with Crippen LogP contribution in [-0.2, 0) is 17.5 Å². The maximum absolute atomic E-state index is 13.2. The van der Waals surface area contributed by atoms with Crippen LogP contribution < -0.4 is 5.73 Å². The van der Waals surface area contributed by atoms with Crippen LogP contribution in [0.3, 0.4) is 0 Å². The molecule has 12 heteroatoms. The third kappa shape index (κ3) is 3.75. The fourth-order valence-corrected chi connectivity index (χ4v) is 4.71. The molecule has 0 radical (unpaired) electrons. The van der Waals surface area contributed by atoms with Crippen molar-refractivity contribution in [2.24, 2.45) is 11.8 Å². The molecule has 1 unspecified atom stereocenters. The summed E-state index contributed by atoms with van der Waals surface area (Å²) < 4.78 is 85.0. The number of halogens is 6. The number of fused-ring (bicyclic) bond motifs is 1. The minimum Gasteiger partial charge on any atom is -0.383 e. The van der Waals surface area contributed by atoms with Crippen molar-refractivity contribution in [2.75, 3.05) is 32.0 Å². The number of rotatable bonds is 4. The van der Waals surface area contributed by atoms with Crippen molar-refractivity contribution >= 4 is 5.82 Å². The molecule has 1 saturated carbocycles. The Morgan fingerprint density at radius 2 is 1.74 bits per heavy atom. The molecule has 2 saturated heterocycles. The molecule has 2 aliphatic heterocycles. The Morgan fingerprint density at radius 3 is 2.29 bits per heavy atom. The van der Waals surface area contributed by atoms with Crippen molar-refractivity contribution in [3.8, 4) is 11.3 Å². The second-order valence-electron chi connectivity index (χ2n) is 8.38. The van der Waals surface area contributed by atoms with E-state index in [1.54, 1.807) is 0 Å². The van der Waals surface area contributed by atoms with E-state index in [1.165, 1.54) is 6.07 Å². The zero-order valence-electron chi connectivity index (χ0n) is 16.1. The largest absolute Gasteiger partial charge is 0.419 e. The average molecular weight is 447 g/mol. The number of nitrogens with two attached hydrogens (primary N) is 1. The summed E-state index contributed by atoms with van der Waals surface area (Å²) in [5, 5.41) is 4.00. The SMILES string of the molecule is Nc1ncc(-c2cc([C@H]3C4CN(C5COC5)C[C@@H]43)n(CC(F)(F)F)n2)cc1C(F)(F)F. The quantitative estimate of drug-likeness (QED) is 0.730. The Kier molecular flexibility index (Phi) is 4.53. The lowest BCUT2D eigenvalue weighted by molar-refractivity contribution is -0.143. The van der Waals surface area contributed by atoms with Gasteiger partial charge in [-0.15, -0.1) is 0 Å². The molecule has 2 aromatic rings. The predicted octanol–water partition coefficient (Wildman–Crippen LogP) is 3.15. The van der Waals surface area contributed by atoms with Gasteiger partial charge in [0.05, 0.1) is 30.5 Å². The van der Waals surface area contributed by atoms with E-state index in [-0.39, 0.29) is 29.0 Å². The molecule has 4 heterocycles. The van der Waals surface area contributed by atoms with E-state index in [2.05, 4.69) is 15.0 Å². The molecule has 168 valence electrons. The minimum atomic E-state index is -4.73. The van der Waals surface area contributed by atoms with E-state index in [4.69, 9.17) is 10.5 Å². The van der Waals surface area contributed by atoms with E-state index < -0.39 is 30.3 Å². The lowest BCUT2D eigenvalue weighted by atomic mass is 10.1. The Hall–Kier alpha value is -2.34. The highest BCUT2D eigenvalue weighted by Gasteiger charge is 2.59. The Morgan fingerprint density at radius 1 is 1.06 bits per heavy atom. The standard InChI is InChI=1S/C19H19F6N5O/c20-18(21,22)8-30-15(16-11-4-29(5-12(11)16)10-6-31-7-10)2-14(28-30)9-1-13(19(23,24)25)17(26)27-3-9/h1-3,10-12,16H,4-8H2,(H2,26,27)/t11-,12?,16+/m0/s1. The van der Waals surface area contributed by atoms with Gasteiger partial charge < -0.3 is 10.5 Å². The maximum atomic E-state index is 13.2. The molecule has 0 spiro atoms. The summed E-state index contributed by atoms with van der Waals surface area (Å²) in [6, 6.07) is 2.60. The molecule has 0 bridgehead atoms. The Bertz CT molecular complexity index is 987. The van der Waals surface area contributed by atoms with Crippen molar-refractivity contribution in [3.05, 3.63) is 29.6 Å². The molecular weight excluding hydrogens is 428 g/mol. The molecule has 0 amide bonds. The van der Waals surface area contributed by atoms with E-state index in [9.17, 15) is 26.3 Å². The molecule has 3 fully saturated rings. The van der Waals surface area contributed by atoms with Gasteiger partial charge in [-0.25, -0.2) is 4.98 Å². The first-order valence-electron chi connectivity index (χ1n) is 9.80. The summed E-state index contributed by atoms with van der Waals surface area (Å²) in [5.74, 6) is -0.354. The van der Waals surface area contributed by atoms with Gasteiger partial charge in [0, 0.05) is 36.5 Å². The topological polar surface area (TPSA) is 69.2 Å². The molecule has 3 atom stereocenters. The predicted molar refractivity (Wildman–Crippen MR) is 96.8 cm³/mol. The van der Waals surface area contributed by atoms with Gasteiger partial charge in [0.2, 0.25) is 0 Å². The normalized spacial score (nSPS) is 26.7. The van der Waals surface area contributed by atoms with Crippen LogP contribution in [0.2, 0.25) is 0 Å². The van der Waals surface area contributed by atoms with Crippen molar-refractivity contribution in [3.63, 3.8) is 0 Å². The monoisotopic (exact) mass is 447 g/mol. The van der Waals surface area contributed by atoms with Gasteiger partial charge in [0.25, 0.3) is 0 Å². The highest BCUT2D eigenvalue weighted by atomic mass is 19.4. The molecule has 6 nitrogen and oxygen atoms in total. The van der Waals surface area contributed by atoms with Crippen LogP contribution in [0.5, 0.6) is 0 Å². The Labute approximate surface area is 173 Å². The first-order valence-corrected chi connectivity index (χ1v) is 9.80. The molecule has 0 aromatic carbocycles. The van der Waals surface area contributed by atoms with E-state index in [0.29, 0.717) is 24.9 Å². The van der Waals surface area contributed by atoms with Gasteiger partial charge in [-0.1, -0.05) is 0 Å². The van der Waals surface area contributed by atoms with E-state index in [0.717, 1.165) is 30.0 Å². The highest BCUT2D eigenvalue weighted by Crippen LogP contribution is 2.59. The van der Waals surface area contributed by atoms with Gasteiger partial charge >= 0.3 is 12.4 Å². The number of likely N-dealkylation sites (tertiary alicyclic amines) is 1. The lowest BCUT2D eigenvalue weighted by Gasteiger charge is -2.35. The number of nitrogen functional groups attached to an aromatic ring is 1. The third-order valence-corrected chi connectivity index (χ3v) is 6.36. The molecule has 2 aromatic heterocycles. The fraction of sp³-hybridized carbons (Fsp3) is 0.579. The number of alkyl halides is 6. The van der Waals surface area contributed by atoms with Crippen LogP contribution >= 0.6 is 0 Å². The summed E-state index contributed by atoms with van der Waals surface area (Å²) in [6.07, 6.45) is -8.14. The van der Waals surface area contributed by atoms with E-state index >= 15 is 0 Å². The summed E-state index contributed by atoms with van der Waals surface area (Å²) in [4.78, 5) is 5.86. The number of hydrogen-bond donors (Lipinski definition) is 1. The van der Waals surface area contributed by atoms with E-state index in [1.807, 2.05) is 0 Å². The molecule has 3 aliphatic rings. The summed E-state index contributed by atoms with van der Waals surface area (Å²) in [5.41, 5.74) is 4.58. The van der Waals surface area contributed by atoms with Crippen LogP contribution in [0, 0.1) is 11.8 Å². The van der Waals surface area contributed by atoms with Gasteiger partial charge in [-0.3, -0.25) is 9.58 Å². The van der Waals surface area contributed by atoms with Crippen molar-refractivity contribution in [1.29, 1.82) is 0 Å². The maximum Gasteiger partial charge on any atom is 0.419 e. The van der Waals surface area contributed by atoms with Crippen molar-refractivity contribution in [2.45, 2.75) is 30.9 Å². The van der Waals surface area contributed by atoms with Gasteiger partial charge in [0.15, 0.2) is 0 Å². The van der Waals surface area contributed by atoms with Crippen molar-refractivity contribution in [1.82, 2.24) is 19.7 Å². The zero-order chi connectivity index (χ0) is 22.1. The summed E-state index contributed by atoms with van der Waals surface area (Å²) in [6.45, 7) is 1.60. The number of ether oxygens (including phenoxy) is 1. The third-order valence-electron chi connectivity index (χ3n) is 6.36. The summed E-state index contributed by atoms with van der Waals surface area (Å²) in [7, 11) is 0. The summed E-state index contributed by atoms with van der Waals surface area (Å²) >= 11 is 0. The number of hydrogen-bond acceptors (Lipinski definition) is 5. The lowest BCUT2D eigenvalue weighted by Crippen LogP contribution is -2.48. The van der Waals surface area contributed by atoms with Gasteiger partial charge in [-0.05, 0) is 24.0 Å². The molecule has 2 N–H and O–H groups in total. The number of pyridine rings is 1. The molecule has 1 aliphatic carbocycles. The Balaban J connectivity index is 1.45. The number of nitrogens with zero attached hydrogens (tertiary/aromatic N) is 4. The number of piperidine rings is 1. The van der Waals surface area contributed by atoms with Gasteiger partial charge in [0.1, 0.15) is 12.4 Å². The smallest absolute Gasteiger partial charge is 0.383 e. The van der Waals surface area contributed by atoms with Crippen molar-refractivity contribution < 1.29 is 31.1 Å². The second-order valence-corrected chi connectivity index (χ2v) is 8.38. The first-order chi connectivity index (χ1) is 14.5. The van der Waals surface area contributed by atoms with Gasteiger partial charge in [-0.2, -0.15) is 31.4 Å². The highest BCUT2D eigenvalue weighted by molar-refractivity contribution is 5.63. The fourth-order valence-electron chi connectivity index (χ4n) is 4.71. The van der Waals surface area contributed by atoms with Crippen LogP contribution in [0.4, 0.5) is 32.2 Å². The van der Waals surface area contributed by atoms with Crippen LogP contribution in [0.15, 0.2) is 18.3 Å². The first kappa shape index (κ1) is 20.6. The minimum absolute atomic E-state index is 0.0199.